The fourth-order valence-electron chi connectivity index (χ4n) is 1.98. The first kappa shape index (κ1) is 14.4. The normalized spacial score (nSPS) is 16.1. The lowest BCUT2D eigenvalue weighted by molar-refractivity contribution is 0.0950. The molecular formula is C15H22N2OS. The van der Waals surface area contributed by atoms with Gasteiger partial charge >= 0.3 is 0 Å². The van der Waals surface area contributed by atoms with Gasteiger partial charge in [-0.1, -0.05) is 19.1 Å². The van der Waals surface area contributed by atoms with E-state index in [1.807, 2.05) is 36.0 Å². The zero-order valence-electron chi connectivity index (χ0n) is 11.4. The Labute approximate surface area is 119 Å². The SMILES string of the molecule is CCSCc1ccc(C(=O)NCC(N)C2CC2)cc1. The number of amides is 1. The van der Waals surface area contributed by atoms with Gasteiger partial charge in [-0.2, -0.15) is 11.8 Å². The molecule has 3 N–H and O–H groups in total. The molecule has 0 spiro atoms. The number of carbonyl (C=O) groups excluding carboxylic acids is 1. The molecule has 3 nitrogen and oxygen atoms in total. The molecule has 1 aromatic carbocycles. The van der Waals surface area contributed by atoms with Gasteiger partial charge in [0, 0.05) is 23.9 Å². The van der Waals surface area contributed by atoms with E-state index in [-0.39, 0.29) is 11.9 Å². The van der Waals surface area contributed by atoms with Crippen LogP contribution in [-0.2, 0) is 5.75 Å². The number of hydrogen-bond donors (Lipinski definition) is 2. The number of thioether (sulfide) groups is 1. The molecule has 1 amide bonds. The molecule has 0 heterocycles. The van der Waals surface area contributed by atoms with Crippen LogP contribution in [0.5, 0.6) is 0 Å². The number of hydrogen-bond acceptors (Lipinski definition) is 3. The lowest BCUT2D eigenvalue weighted by Crippen LogP contribution is -2.38. The summed E-state index contributed by atoms with van der Waals surface area (Å²) in [4.78, 5) is 11.9. The highest BCUT2D eigenvalue weighted by molar-refractivity contribution is 7.98. The minimum absolute atomic E-state index is 0.0224. The second-order valence-corrected chi connectivity index (χ2v) is 6.32. The quantitative estimate of drug-likeness (QED) is 0.805. The Morgan fingerprint density at radius 2 is 2.11 bits per heavy atom. The van der Waals surface area contributed by atoms with Gasteiger partial charge in [-0.25, -0.2) is 0 Å². The molecule has 0 saturated heterocycles. The number of nitrogens with two attached hydrogens (primary N) is 1. The fourth-order valence-corrected chi connectivity index (χ4v) is 2.61. The Balaban J connectivity index is 1.81. The topological polar surface area (TPSA) is 55.1 Å². The average molecular weight is 278 g/mol. The van der Waals surface area contributed by atoms with Crippen molar-refractivity contribution in [1.29, 1.82) is 0 Å². The molecule has 0 aromatic heterocycles. The highest BCUT2D eigenvalue weighted by Gasteiger charge is 2.28. The van der Waals surface area contributed by atoms with Gasteiger partial charge in [0.2, 0.25) is 0 Å². The summed E-state index contributed by atoms with van der Waals surface area (Å²) in [6.07, 6.45) is 2.42. The van der Waals surface area contributed by atoms with Crippen LogP contribution < -0.4 is 11.1 Å². The van der Waals surface area contributed by atoms with Crippen LogP contribution >= 0.6 is 11.8 Å². The van der Waals surface area contributed by atoms with E-state index < -0.39 is 0 Å². The molecule has 19 heavy (non-hydrogen) atoms. The zero-order valence-corrected chi connectivity index (χ0v) is 12.2. The van der Waals surface area contributed by atoms with Gasteiger partial charge < -0.3 is 11.1 Å². The zero-order chi connectivity index (χ0) is 13.7. The number of carbonyl (C=O) groups is 1. The monoisotopic (exact) mass is 278 g/mol. The van der Waals surface area contributed by atoms with E-state index in [1.165, 1.54) is 18.4 Å². The summed E-state index contributed by atoms with van der Waals surface area (Å²) >= 11 is 1.88. The van der Waals surface area contributed by atoms with Crippen LogP contribution in [0.15, 0.2) is 24.3 Å². The van der Waals surface area contributed by atoms with E-state index in [0.717, 1.165) is 11.5 Å². The van der Waals surface area contributed by atoms with E-state index in [1.54, 1.807) is 0 Å². The van der Waals surface area contributed by atoms with Gasteiger partial charge in [-0.15, -0.1) is 0 Å². The summed E-state index contributed by atoms with van der Waals surface area (Å²) < 4.78 is 0. The van der Waals surface area contributed by atoms with Crippen molar-refractivity contribution >= 4 is 17.7 Å². The number of nitrogens with one attached hydrogen (secondary N) is 1. The minimum Gasteiger partial charge on any atom is -0.350 e. The maximum atomic E-state index is 11.9. The van der Waals surface area contributed by atoms with Crippen molar-refractivity contribution in [3.63, 3.8) is 0 Å². The maximum absolute atomic E-state index is 11.9. The van der Waals surface area contributed by atoms with Crippen molar-refractivity contribution in [1.82, 2.24) is 5.32 Å². The molecule has 0 bridgehead atoms. The van der Waals surface area contributed by atoms with Gasteiger partial charge in [0.25, 0.3) is 5.91 Å². The van der Waals surface area contributed by atoms with Gasteiger partial charge in [0.15, 0.2) is 0 Å². The number of rotatable bonds is 7. The van der Waals surface area contributed by atoms with Crippen LogP contribution in [0.25, 0.3) is 0 Å². The molecule has 0 aliphatic heterocycles. The predicted molar refractivity (Wildman–Crippen MR) is 81.3 cm³/mol. The molecule has 0 radical (unpaired) electrons. The van der Waals surface area contributed by atoms with Crippen LogP contribution in [-0.4, -0.2) is 24.2 Å². The first-order chi connectivity index (χ1) is 9.20. The van der Waals surface area contributed by atoms with E-state index in [2.05, 4.69) is 12.2 Å². The molecule has 1 aromatic rings. The Morgan fingerprint density at radius 1 is 1.42 bits per heavy atom. The standard InChI is InChI=1S/C15H22N2OS/c1-2-19-10-11-3-5-13(6-4-11)15(18)17-9-14(16)12-7-8-12/h3-6,12,14H,2,7-10,16H2,1H3,(H,17,18). The fraction of sp³-hybridized carbons (Fsp3) is 0.533. The Kier molecular flexibility index (Phi) is 5.28. The van der Waals surface area contributed by atoms with Crippen molar-refractivity contribution in [2.75, 3.05) is 12.3 Å². The summed E-state index contributed by atoms with van der Waals surface area (Å²) in [6, 6.07) is 7.95. The van der Waals surface area contributed by atoms with Gasteiger partial charge in [-0.3, -0.25) is 4.79 Å². The van der Waals surface area contributed by atoms with E-state index in [0.29, 0.717) is 18.0 Å². The van der Waals surface area contributed by atoms with Crippen molar-refractivity contribution in [3.8, 4) is 0 Å². The molecule has 1 saturated carbocycles. The van der Waals surface area contributed by atoms with Gasteiger partial charge in [0.05, 0.1) is 0 Å². The average Bonchev–Trinajstić information content (AvgIpc) is 3.27. The Bertz CT molecular complexity index is 415. The molecule has 104 valence electrons. The Morgan fingerprint density at radius 3 is 2.68 bits per heavy atom. The summed E-state index contributed by atoms with van der Waals surface area (Å²) in [5.74, 6) is 2.71. The van der Waals surface area contributed by atoms with Crippen LogP contribution in [0, 0.1) is 5.92 Å². The molecule has 1 unspecified atom stereocenters. The van der Waals surface area contributed by atoms with Crippen molar-refractivity contribution in [3.05, 3.63) is 35.4 Å². The lowest BCUT2D eigenvalue weighted by atomic mass is 10.1. The predicted octanol–water partition coefficient (Wildman–Crippen LogP) is 2.41. The third kappa shape index (κ3) is 4.55. The molecule has 4 heteroatoms. The van der Waals surface area contributed by atoms with Gasteiger partial charge in [-0.05, 0) is 42.2 Å². The molecule has 1 atom stereocenters. The van der Waals surface area contributed by atoms with E-state index in [4.69, 9.17) is 5.73 Å². The highest BCUT2D eigenvalue weighted by Crippen LogP contribution is 2.31. The lowest BCUT2D eigenvalue weighted by Gasteiger charge is -2.11. The van der Waals surface area contributed by atoms with Crippen LogP contribution in [0.3, 0.4) is 0 Å². The second-order valence-electron chi connectivity index (χ2n) is 5.05. The third-order valence-electron chi connectivity index (χ3n) is 3.41. The second kappa shape index (κ2) is 6.96. The smallest absolute Gasteiger partial charge is 0.251 e. The summed E-state index contributed by atoms with van der Waals surface area (Å²) in [6.45, 7) is 2.73. The molecule has 1 fully saturated rings. The first-order valence-corrected chi connectivity index (χ1v) is 8.06. The molecule has 1 aliphatic rings. The Hall–Kier alpha value is -1.00. The maximum Gasteiger partial charge on any atom is 0.251 e. The highest BCUT2D eigenvalue weighted by atomic mass is 32.2. The summed E-state index contributed by atoms with van der Waals surface area (Å²) in [5, 5.41) is 2.91. The van der Waals surface area contributed by atoms with Gasteiger partial charge in [0.1, 0.15) is 0 Å². The first-order valence-electron chi connectivity index (χ1n) is 6.91. The van der Waals surface area contributed by atoms with Crippen molar-refractivity contribution in [2.45, 2.75) is 31.6 Å². The van der Waals surface area contributed by atoms with E-state index >= 15 is 0 Å². The van der Waals surface area contributed by atoms with Crippen LogP contribution in [0.1, 0.15) is 35.7 Å². The molecular weight excluding hydrogens is 256 g/mol. The van der Waals surface area contributed by atoms with Crippen LogP contribution in [0.4, 0.5) is 0 Å². The molecule has 2 rings (SSSR count). The van der Waals surface area contributed by atoms with Crippen molar-refractivity contribution in [2.24, 2.45) is 11.7 Å². The number of benzene rings is 1. The largest absolute Gasteiger partial charge is 0.350 e. The summed E-state index contributed by atoms with van der Waals surface area (Å²) in [7, 11) is 0. The van der Waals surface area contributed by atoms with Crippen molar-refractivity contribution < 1.29 is 4.79 Å². The minimum atomic E-state index is -0.0224. The third-order valence-corrected chi connectivity index (χ3v) is 4.36. The van der Waals surface area contributed by atoms with Crippen LogP contribution in [0.2, 0.25) is 0 Å². The molecule has 1 aliphatic carbocycles. The van der Waals surface area contributed by atoms with E-state index in [9.17, 15) is 4.79 Å². The summed E-state index contributed by atoms with van der Waals surface area (Å²) in [5.41, 5.74) is 7.94.